The van der Waals surface area contributed by atoms with E-state index in [0.717, 1.165) is 11.0 Å². The molecule has 6 heteroatoms. The van der Waals surface area contributed by atoms with Crippen LogP contribution in [0.1, 0.15) is 22.0 Å². The summed E-state index contributed by atoms with van der Waals surface area (Å²) < 4.78 is 27.2. The zero-order valence-corrected chi connectivity index (χ0v) is 10.5. The Labute approximate surface area is 118 Å². The van der Waals surface area contributed by atoms with Gasteiger partial charge < -0.3 is 5.11 Å². The minimum absolute atomic E-state index is 0.0108. The fraction of sp³-hybridized carbons (Fsp3) is 0.0667. The Balaban J connectivity index is 2.20. The molecule has 1 amide bonds. The standard InChI is InChI=1S/C15H8F2N2O2/c16-8-4-11-13(7-18)19(9-2-1-3-10(20)6-9)15(21)14(11)12(17)5-8/h1-6,13,20H. The highest BCUT2D eigenvalue weighted by Gasteiger charge is 2.40. The third-order valence-corrected chi connectivity index (χ3v) is 3.30. The number of hydrogen-bond donors (Lipinski definition) is 1. The first-order valence-corrected chi connectivity index (χ1v) is 6.04. The lowest BCUT2D eigenvalue weighted by Gasteiger charge is -2.20. The Bertz CT molecular complexity index is 799. The van der Waals surface area contributed by atoms with E-state index in [1.807, 2.05) is 6.07 Å². The lowest BCUT2D eigenvalue weighted by molar-refractivity contribution is 0.0991. The van der Waals surface area contributed by atoms with Crippen LogP contribution < -0.4 is 4.90 Å². The minimum atomic E-state index is -1.14. The molecule has 0 radical (unpaired) electrons. The van der Waals surface area contributed by atoms with Crippen LogP contribution in [0.3, 0.4) is 0 Å². The van der Waals surface area contributed by atoms with E-state index in [0.29, 0.717) is 6.07 Å². The Hall–Kier alpha value is -2.94. The maximum Gasteiger partial charge on any atom is 0.263 e. The average Bonchev–Trinajstić information content (AvgIpc) is 2.71. The molecule has 0 saturated carbocycles. The summed E-state index contributed by atoms with van der Waals surface area (Å²) in [6.45, 7) is 0. The van der Waals surface area contributed by atoms with Crippen molar-refractivity contribution in [2.75, 3.05) is 4.90 Å². The molecule has 3 rings (SSSR count). The largest absolute Gasteiger partial charge is 0.508 e. The van der Waals surface area contributed by atoms with Gasteiger partial charge in [0.2, 0.25) is 0 Å². The van der Waals surface area contributed by atoms with Crippen LogP contribution in [0, 0.1) is 23.0 Å². The van der Waals surface area contributed by atoms with Gasteiger partial charge in [0.15, 0.2) is 6.04 Å². The molecule has 1 atom stereocenters. The highest BCUT2D eigenvalue weighted by Crippen LogP contribution is 2.39. The second-order valence-electron chi connectivity index (χ2n) is 4.58. The smallest absolute Gasteiger partial charge is 0.263 e. The van der Waals surface area contributed by atoms with Crippen molar-refractivity contribution in [1.29, 1.82) is 5.26 Å². The van der Waals surface area contributed by atoms with Crippen molar-refractivity contribution < 1.29 is 18.7 Å². The number of carbonyl (C=O) groups is 1. The van der Waals surface area contributed by atoms with Gasteiger partial charge in [0.05, 0.1) is 11.6 Å². The summed E-state index contributed by atoms with van der Waals surface area (Å²) in [5, 5.41) is 18.7. The number of phenolic OH excluding ortho intramolecular Hbond substituents is 1. The molecule has 0 fully saturated rings. The summed E-state index contributed by atoms with van der Waals surface area (Å²) in [5.74, 6) is -2.69. The molecule has 0 aromatic heterocycles. The second-order valence-corrected chi connectivity index (χ2v) is 4.58. The Morgan fingerprint density at radius 2 is 2.00 bits per heavy atom. The molecule has 4 nitrogen and oxygen atoms in total. The predicted molar refractivity (Wildman–Crippen MR) is 69.6 cm³/mol. The van der Waals surface area contributed by atoms with Crippen LogP contribution in [0.15, 0.2) is 36.4 Å². The summed E-state index contributed by atoms with van der Waals surface area (Å²) in [4.78, 5) is 13.4. The summed E-state index contributed by atoms with van der Waals surface area (Å²) in [7, 11) is 0. The highest BCUT2D eigenvalue weighted by atomic mass is 19.1. The van der Waals surface area contributed by atoms with E-state index in [1.54, 1.807) is 0 Å². The number of nitriles is 1. The summed E-state index contributed by atoms with van der Waals surface area (Å²) in [5.41, 5.74) is -0.0859. The number of halogens is 2. The zero-order chi connectivity index (χ0) is 15.1. The van der Waals surface area contributed by atoms with Crippen molar-refractivity contribution in [3.05, 3.63) is 59.2 Å². The molecular weight excluding hydrogens is 278 g/mol. The van der Waals surface area contributed by atoms with Gasteiger partial charge in [-0.05, 0) is 18.2 Å². The number of hydrogen-bond acceptors (Lipinski definition) is 3. The molecule has 21 heavy (non-hydrogen) atoms. The van der Waals surface area contributed by atoms with Crippen molar-refractivity contribution in [1.82, 2.24) is 0 Å². The molecular formula is C15H8F2N2O2. The summed E-state index contributed by atoms with van der Waals surface area (Å²) in [6, 6.07) is 7.99. The predicted octanol–water partition coefficient (Wildman–Crippen LogP) is 2.90. The number of carbonyl (C=O) groups excluding carboxylic acids is 1. The molecule has 1 unspecified atom stereocenters. The van der Waals surface area contributed by atoms with E-state index in [4.69, 9.17) is 0 Å². The van der Waals surface area contributed by atoms with Gasteiger partial charge in [-0.15, -0.1) is 0 Å². The molecule has 1 aliphatic heterocycles. The first-order chi connectivity index (χ1) is 10.0. The van der Waals surface area contributed by atoms with Gasteiger partial charge in [0, 0.05) is 23.4 Å². The Morgan fingerprint density at radius 1 is 1.24 bits per heavy atom. The number of benzene rings is 2. The van der Waals surface area contributed by atoms with Gasteiger partial charge in [-0.2, -0.15) is 5.26 Å². The number of anilines is 1. The van der Waals surface area contributed by atoms with Gasteiger partial charge in [-0.25, -0.2) is 8.78 Å². The second kappa shape index (κ2) is 4.56. The number of nitrogens with zero attached hydrogens (tertiary/aromatic N) is 2. The van der Waals surface area contributed by atoms with Gasteiger partial charge >= 0.3 is 0 Å². The zero-order valence-electron chi connectivity index (χ0n) is 10.5. The normalized spacial score (nSPS) is 16.7. The Morgan fingerprint density at radius 3 is 2.67 bits per heavy atom. The van der Waals surface area contributed by atoms with E-state index in [-0.39, 0.29) is 22.6 Å². The van der Waals surface area contributed by atoms with Crippen LogP contribution in [0.2, 0.25) is 0 Å². The van der Waals surface area contributed by atoms with Gasteiger partial charge in [-0.1, -0.05) is 6.07 Å². The third-order valence-electron chi connectivity index (χ3n) is 3.30. The van der Waals surface area contributed by atoms with Crippen molar-refractivity contribution >= 4 is 11.6 Å². The molecule has 0 bridgehead atoms. The average molecular weight is 286 g/mol. The third kappa shape index (κ3) is 1.91. The maximum atomic E-state index is 13.8. The van der Waals surface area contributed by atoms with Crippen LogP contribution in [-0.4, -0.2) is 11.0 Å². The minimum Gasteiger partial charge on any atom is -0.508 e. The van der Waals surface area contributed by atoms with Gasteiger partial charge in [-0.3, -0.25) is 9.69 Å². The van der Waals surface area contributed by atoms with E-state index in [9.17, 15) is 23.9 Å². The summed E-state index contributed by atoms with van der Waals surface area (Å²) in [6.07, 6.45) is 0. The maximum absolute atomic E-state index is 13.8. The molecule has 1 N–H and O–H groups in total. The number of rotatable bonds is 1. The van der Waals surface area contributed by atoms with E-state index >= 15 is 0 Å². The number of fused-ring (bicyclic) bond motifs is 1. The molecule has 1 heterocycles. The van der Waals surface area contributed by atoms with Crippen LogP contribution in [0.25, 0.3) is 0 Å². The highest BCUT2D eigenvalue weighted by molar-refractivity contribution is 6.11. The van der Waals surface area contributed by atoms with Crippen molar-refractivity contribution in [2.24, 2.45) is 0 Å². The topological polar surface area (TPSA) is 64.3 Å². The molecule has 0 aliphatic carbocycles. The monoisotopic (exact) mass is 286 g/mol. The molecule has 1 aliphatic rings. The molecule has 0 spiro atoms. The number of phenols is 1. The van der Waals surface area contributed by atoms with Crippen molar-refractivity contribution in [2.45, 2.75) is 6.04 Å². The van der Waals surface area contributed by atoms with Crippen molar-refractivity contribution in [3.63, 3.8) is 0 Å². The van der Waals surface area contributed by atoms with Crippen LogP contribution >= 0.6 is 0 Å². The van der Waals surface area contributed by atoms with Crippen LogP contribution in [0.5, 0.6) is 5.75 Å². The lowest BCUT2D eigenvalue weighted by atomic mass is 10.0. The number of amides is 1. The molecule has 2 aromatic carbocycles. The molecule has 0 saturated heterocycles. The van der Waals surface area contributed by atoms with E-state index in [1.165, 1.54) is 24.3 Å². The Kier molecular flexibility index (Phi) is 2.84. The lowest BCUT2D eigenvalue weighted by Crippen LogP contribution is -2.27. The van der Waals surface area contributed by atoms with Gasteiger partial charge in [0.1, 0.15) is 17.4 Å². The summed E-state index contributed by atoms with van der Waals surface area (Å²) >= 11 is 0. The number of aromatic hydroxyl groups is 1. The van der Waals surface area contributed by atoms with Crippen LogP contribution in [-0.2, 0) is 0 Å². The van der Waals surface area contributed by atoms with Crippen molar-refractivity contribution in [3.8, 4) is 11.8 Å². The fourth-order valence-corrected chi connectivity index (χ4v) is 2.45. The van der Waals surface area contributed by atoms with E-state index in [2.05, 4.69) is 0 Å². The first-order valence-electron chi connectivity index (χ1n) is 6.04. The SMILES string of the molecule is N#CC1c2cc(F)cc(F)c2C(=O)N1c1cccc(O)c1. The molecule has 2 aromatic rings. The first kappa shape index (κ1) is 13.1. The van der Waals surface area contributed by atoms with Crippen LogP contribution in [0.4, 0.5) is 14.5 Å². The fourth-order valence-electron chi connectivity index (χ4n) is 2.45. The van der Waals surface area contributed by atoms with Gasteiger partial charge in [0.25, 0.3) is 5.91 Å². The molecule has 104 valence electrons. The quantitative estimate of drug-likeness (QED) is 0.876. The van der Waals surface area contributed by atoms with E-state index < -0.39 is 23.6 Å².